The maximum Gasteiger partial charge on any atom is 0.342 e. The van der Waals surface area contributed by atoms with Crippen molar-refractivity contribution in [3.8, 4) is 0 Å². The van der Waals surface area contributed by atoms with Crippen molar-refractivity contribution in [2.75, 3.05) is 13.2 Å². The average molecular weight is 897 g/mol. The molecule has 0 bridgehead atoms. The van der Waals surface area contributed by atoms with Gasteiger partial charge in [0, 0.05) is 32.1 Å². The molecular weight excluding hydrogens is 801 g/mol. The summed E-state index contributed by atoms with van der Waals surface area (Å²) in [6, 6.07) is 0. The topological polar surface area (TPSA) is 141 Å². The average Bonchev–Trinajstić information content (AvgIpc) is 3.28. The number of carbonyl (C=O) groups excluding carboxylic acids is 5. The molecule has 0 aromatic carbocycles. The highest BCUT2D eigenvalue weighted by Gasteiger charge is 2.28. The Kier molecular flexibility index (Phi) is 42.6. The van der Waals surface area contributed by atoms with Gasteiger partial charge in [0.25, 0.3) is 0 Å². The molecule has 0 aliphatic heterocycles. The van der Waals surface area contributed by atoms with E-state index in [0.717, 1.165) is 122 Å². The van der Waals surface area contributed by atoms with E-state index in [2.05, 4.69) is 20.8 Å². The first-order valence-electron chi connectivity index (χ1n) is 26.2. The van der Waals surface area contributed by atoms with Crippen molar-refractivity contribution in [1.29, 1.82) is 0 Å². The van der Waals surface area contributed by atoms with Crippen LogP contribution in [0.25, 0.3) is 0 Å². The number of esters is 4. The van der Waals surface area contributed by atoms with Crippen LogP contribution in [0.1, 0.15) is 266 Å². The van der Waals surface area contributed by atoms with E-state index in [9.17, 15) is 24.0 Å². The smallest absolute Gasteiger partial charge is 0.342 e. The van der Waals surface area contributed by atoms with Crippen LogP contribution in [-0.4, -0.2) is 61.4 Å². The van der Waals surface area contributed by atoms with Crippen LogP contribution in [0.4, 0.5) is 0 Å². The second kappa shape index (κ2) is 44.5. The van der Waals surface area contributed by atoms with E-state index in [-0.39, 0.29) is 36.0 Å². The molecular formula is C52H96O11. The highest BCUT2D eigenvalue weighted by Crippen LogP contribution is 2.24. The quantitative estimate of drug-likeness (QED) is 0.0189. The fraction of sp³-hybridized carbons (Fsp3) is 0.904. The largest absolute Gasteiger partial charge is 0.466 e. The van der Waals surface area contributed by atoms with Gasteiger partial charge >= 0.3 is 29.8 Å². The van der Waals surface area contributed by atoms with E-state index < -0.39 is 12.2 Å². The number of hydrogen-bond acceptors (Lipinski definition) is 11. The van der Waals surface area contributed by atoms with Crippen LogP contribution >= 0.6 is 0 Å². The van der Waals surface area contributed by atoms with Crippen LogP contribution in [0, 0.1) is 5.92 Å². The third-order valence-corrected chi connectivity index (χ3v) is 11.9. The number of ether oxygens (including phenoxy) is 4. The van der Waals surface area contributed by atoms with E-state index in [1.807, 2.05) is 0 Å². The van der Waals surface area contributed by atoms with Crippen molar-refractivity contribution >= 4 is 29.8 Å². The van der Waals surface area contributed by atoms with Gasteiger partial charge in [0.15, 0.2) is 0 Å². The molecule has 4 atom stereocenters. The van der Waals surface area contributed by atoms with Crippen LogP contribution in [0.2, 0.25) is 0 Å². The summed E-state index contributed by atoms with van der Waals surface area (Å²) in [5.41, 5.74) is 0. The van der Waals surface area contributed by atoms with E-state index in [1.54, 1.807) is 20.8 Å². The lowest BCUT2D eigenvalue weighted by Gasteiger charge is -2.27. The Morgan fingerprint density at radius 1 is 0.349 bits per heavy atom. The van der Waals surface area contributed by atoms with Crippen LogP contribution in [0.3, 0.4) is 0 Å². The van der Waals surface area contributed by atoms with Crippen LogP contribution in [-0.2, 0) is 52.7 Å². The Hall–Kier alpha value is -2.69. The Labute approximate surface area is 385 Å². The molecule has 0 aliphatic rings. The highest BCUT2D eigenvalue weighted by atomic mass is 17.2. The minimum absolute atomic E-state index is 0.0590. The molecule has 11 nitrogen and oxygen atoms in total. The molecule has 370 valence electrons. The normalized spacial score (nSPS) is 13.2. The summed E-state index contributed by atoms with van der Waals surface area (Å²) in [4.78, 5) is 71.2. The Morgan fingerprint density at radius 3 is 1.08 bits per heavy atom. The van der Waals surface area contributed by atoms with Gasteiger partial charge in [0.2, 0.25) is 0 Å². The van der Waals surface area contributed by atoms with Crippen molar-refractivity contribution in [3.63, 3.8) is 0 Å². The summed E-state index contributed by atoms with van der Waals surface area (Å²) in [6.07, 6.45) is 31.5. The molecule has 11 heteroatoms. The van der Waals surface area contributed by atoms with Crippen LogP contribution in [0.15, 0.2) is 0 Å². The first-order valence-corrected chi connectivity index (χ1v) is 26.2. The molecule has 0 saturated carbocycles. The van der Waals surface area contributed by atoms with Crippen molar-refractivity contribution in [3.05, 3.63) is 0 Å². The van der Waals surface area contributed by atoms with Gasteiger partial charge in [-0.05, 0) is 83.0 Å². The summed E-state index contributed by atoms with van der Waals surface area (Å²) < 4.78 is 22.5. The van der Waals surface area contributed by atoms with E-state index in [4.69, 9.17) is 28.7 Å². The summed E-state index contributed by atoms with van der Waals surface area (Å²) in [7, 11) is 0. The molecule has 0 fully saturated rings. The number of hydrogen-bond donors (Lipinski definition) is 0. The van der Waals surface area contributed by atoms with Gasteiger partial charge in [-0.1, -0.05) is 157 Å². The molecule has 0 amide bonds. The second-order valence-corrected chi connectivity index (χ2v) is 17.8. The standard InChI is InChI=1S/C52H96O11/c1-7-12-14-16-21-29-37-45(62-63-50(55)11-5)44(6)36-28-20-18-24-32-40-51(56)58-42-34-26-27-35-43-59-52(57)41-33-25-19-23-31-39-47(61-49(54)10-4)46(60-48(53)9-3)38-30-22-17-15-13-8-2/h44-47H,7-43H2,1-6H3. The number of unbranched alkanes of at least 4 members (excludes halogenated alkanes) is 21. The zero-order valence-corrected chi connectivity index (χ0v) is 41.5. The minimum atomic E-state index is -0.423. The molecule has 0 saturated heterocycles. The van der Waals surface area contributed by atoms with Gasteiger partial charge in [0.05, 0.1) is 13.2 Å². The number of carbonyl (C=O) groups is 5. The van der Waals surface area contributed by atoms with Crippen molar-refractivity contribution in [2.24, 2.45) is 5.92 Å². The second-order valence-electron chi connectivity index (χ2n) is 17.8. The lowest BCUT2D eigenvalue weighted by atomic mass is 9.93. The fourth-order valence-corrected chi connectivity index (χ4v) is 7.67. The monoisotopic (exact) mass is 897 g/mol. The molecule has 0 aliphatic carbocycles. The molecule has 0 aromatic rings. The van der Waals surface area contributed by atoms with Crippen molar-refractivity contribution < 1.29 is 52.7 Å². The first-order chi connectivity index (χ1) is 30.6. The minimum Gasteiger partial charge on any atom is -0.466 e. The van der Waals surface area contributed by atoms with Gasteiger partial charge in [-0.3, -0.25) is 24.1 Å². The zero-order chi connectivity index (χ0) is 46.6. The highest BCUT2D eigenvalue weighted by molar-refractivity contribution is 5.70. The summed E-state index contributed by atoms with van der Waals surface area (Å²) in [6.45, 7) is 12.8. The molecule has 0 rings (SSSR count). The van der Waals surface area contributed by atoms with Gasteiger partial charge in [0.1, 0.15) is 18.3 Å². The molecule has 0 radical (unpaired) electrons. The Balaban J connectivity index is 4.04. The lowest BCUT2D eigenvalue weighted by molar-refractivity contribution is -0.307. The zero-order valence-electron chi connectivity index (χ0n) is 41.5. The van der Waals surface area contributed by atoms with E-state index >= 15 is 0 Å². The van der Waals surface area contributed by atoms with Gasteiger partial charge in [-0.2, -0.15) is 4.89 Å². The molecule has 0 N–H and O–H groups in total. The third kappa shape index (κ3) is 38.3. The van der Waals surface area contributed by atoms with E-state index in [0.29, 0.717) is 64.1 Å². The summed E-state index contributed by atoms with van der Waals surface area (Å²) >= 11 is 0. The molecule has 0 aromatic heterocycles. The maximum absolute atomic E-state index is 12.2. The van der Waals surface area contributed by atoms with Crippen LogP contribution < -0.4 is 0 Å². The maximum atomic E-state index is 12.2. The lowest BCUT2D eigenvalue weighted by Crippen LogP contribution is -2.35. The SMILES string of the molecule is CCCCCCCCC(OOC(=O)CC)C(C)CCCCCCCC(=O)OCCCCCCOC(=O)CCCCCCCC(OC(=O)CC)C(CCCCCCCC)OC(=O)CC. The van der Waals surface area contributed by atoms with Crippen molar-refractivity contribution in [2.45, 2.75) is 285 Å². The Morgan fingerprint density at radius 2 is 0.683 bits per heavy atom. The Bertz CT molecular complexity index is 1110. The predicted octanol–water partition coefficient (Wildman–Crippen LogP) is 14.1. The van der Waals surface area contributed by atoms with Crippen molar-refractivity contribution in [1.82, 2.24) is 0 Å². The molecule has 0 spiro atoms. The molecule has 0 heterocycles. The fourth-order valence-electron chi connectivity index (χ4n) is 7.67. The first kappa shape index (κ1) is 60.3. The van der Waals surface area contributed by atoms with E-state index in [1.165, 1.54) is 57.8 Å². The predicted molar refractivity (Wildman–Crippen MR) is 252 cm³/mol. The van der Waals surface area contributed by atoms with Gasteiger partial charge in [-0.15, -0.1) is 0 Å². The third-order valence-electron chi connectivity index (χ3n) is 11.9. The molecule has 63 heavy (non-hydrogen) atoms. The summed E-state index contributed by atoms with van der Waals surface area (Å²) in [5.74, 6) is -0.803. The molecule has 4 unspecified atom stereocenters. The number of rotatable bonds is 46. The van der Waals surface area contributed by atoms with Crippen LogP contribution in [0.5, 0.6) is 0 Å². The van der Waals surface area contributed by atoms with Gasteiger partial charge in [-0.25, -0.2) is 4.79 Å². The van der Waals surface area contributed by atoms with Gasteiger partial charge < -0.3 is 18.9 Å². The summed E-state index contributed by atoms with van der Waals surface area (Å²) in [5, 5.41) is 0.